The van der Waals surface area contributed by atoms with Gasteiger partial charge in [0.2, 0.25) is 5.91 Å². The molecule has 2 aromatic rings. The van der Waals surface area contributed by atoms with Crippen molar-refractivity contribution in [3.63, 3.8) is 0 Å². The first-order valence-corrected chi connectivity index (χ1v) is 13.5. The third-order valence-corrected chi connectivity index (χ3v) is 7.43. The first-order valence-electron chi connectivity index (χ1n) is 12.7. The number of urea groups is 1. The number of rotatable bonds is 6. The Morgan fingerprint density at radius 2 is 1.63 bits per heavy atom. The lowest BCUT2D eigenvalue weighted by Gasteiger charge is -2.40. The van der Waals surface area contributed by atoms with Crippen molar-refractivity contribution >= 4 is 46.8 Å². The van der Waals surface area contributed by atoms with E-state index in [2.05, 4.69) is 5.32 Å². The third kappa shape index (κ3) is 6.18. The molecule has 1 saturated heterocycles. The molecule has 2 aromatic carbocycles. The average molecular weight is 542 g/mol. The fraction of sp³-hybridized carbons (Fsp3) is 0.429. The predicted molar refractivity (Wildman–Crippen MR) is 142 cm³/mol. The lowest BCUT2D eigenvalue weighted by atomic mass is 10.0. The number of benzene rings is 2. The largest absolute Gasteiger partial charge is 0.460 e. The second kappa shape index (κ2) is 11.6. The number of para-hydroxylation sites is 2. The molecule has 202 valence electrons. The molecule has 2 heterocycles. The summed E-state index contributed by atoms with van der Waals surface area (Å²) in [7, 11) is 0. The highest BCUT2D eigenvalue weighted by molar-refractivity contribution is 7.99. The zero-order chi connectivity index (χ0) is 27.4. The van der Waals surface area contributed by atoms with E-state index in [1.165, 1.54) is 4.90 Å². The Balaban J connectivity index is 1.58. The van der Waals surface area contributed by atoms with Crippen molar-refractivity contribution in [2.75, 3.05) is 18.1 Å². The van der Waals surface area contributed by atoms with Crippen LogP contribution in [0.15, 0.2) is 58.3 Å². The SMILES string of the molecule is CC(C)(C)OC(=O)CC(NC(=O)[C@@H]1CCCCN1C(=O)N1c2ccccc2Sc2ccccc21)C(=O)CF. The molecular formula is C28H32FN3O5S. The van der Waals surface area contributed by atoms with E-state index in [1.54, 1.807) is 37.4 Å². The van der Waals surface area contributed by atoms with Gasteiger partial charge in [0, 0.05) is 16.3 Å². The molecule has 1 N–H and O–H groups in total. The summed E-state index contributed by atoms with van der Waals surface area (Å²) in [5, 5.41) is 2.53. The highest BCUT2D eigenvalue weighted by Crippen LogP contribution is 2.48. The third-order valence-electron chi connectivity index (χ3n) is 6.30. The van der Waals surface area contributed by atoms with Gasteiger partial charge in [0.15, 0.2) is 5.78 Å². The first-order chi connectivity index (χ1) is 18.1. The van der Waals surface area contributed by atoms with Gasteiger partial charge < -0.3 is 15.0 Å². The molecular weight excluding hydrogens is 509 g/mol. The highest BCUT2D eigenvalue weighted by atomic mass is 32.2. The van der Waals surface area contributed by atoms with Crippen LogP contribution in [0.2, 0.25) is 0 Å². The molecule has 0 aromatic heterocycles. The monoisotopic (exact) mass is 541 g/mol. The van der Waals surface area contributed by atoms with Crippen LogP contribution in [-0.2, 0) is 19.1 Å². The van der Waals surface area contributed by atoms with Crippen LogP contribution >= 0.6 is 11.8 Å². The summed E-state index contributed by atoms with van der Waals surface area (Å²) in [6, 6.07) is 12.5. The van der Waals surface area contributed by atoms with Crippen LogP contribution in [0.1, 0.15) is 46.5 Å². The van der Waals surface area contributed by atoms with E-state index in [0.29, 0.717) is 25.8 Å². The molecule has 2 atom stereocenters. The Hall–Kier alpha value is -3.40. The number of piperidine rings is 1. The van der Waals surface area contributed by atoms with Crippen LogP contribution < -0.4 is 10.2 Å². The molecule has 0 aliphatic carbocycles. The van der Waals surface area contributed by atoms with Crippen LogP contribution in [0, 0.1) is 0 Å². The number of hydrogen-bond donors (Lipinski definition) is 1. The fourth-order valence-corrected chi connectivity index (χ4v) is 5.69. The Morgan fingerprint density at radius 3 is 2.21 bits per heavy atom. The number of esters is 1. The average Bonchev–Trinajstić information content (AvgIpc) is 2.89. The van der Waals surface area contributed by atoms with Gasteiger partial charge in [0.25, 0.3) is 0 Å². The number of anilines is 2. The van der Waals surface area contributed by atoms with Crippen molar-refractivity contribution < 1.29 is 28.3 Å². The van der Waals surface area contributed by atoms with Gasteiger partial charge in [0.05, 0.1) is 17.8 Å². The minimum atomic E-state index is -1.38. The van der Waals surface area contributed by atoms with Crippen molar-refractivity contribution in [2.45, 2.75) is 73.9 Å². The molecule has 3 amide bonds. The molecule has 1 fully saturated rings. The summed E-state index contributed by atoms with van der Waals surface area (Å²) < 4.78 is 18.6. The van der Waals surface area contributed by atoms with Crippen LogP contribution in [0.3, 0.4) is 0 Å². The van der Waals surface area contributed by atoms with Gasteiger partial charge in [-0.25, -0.2) is 9.18 Å². The van der Waals surface area contributed by atoms with Crippen molar-refractivity contribution in [1.82, 2.24) is 10.2 Å². The van der Waals surface area contributed by atoms with Gasteiger partial charge in [-0.15, -0.1) is 0 Å². The molecule has 0 bridgehead atoms. The lowest BCUT2D eigenvalue weighted by Crippen LogP contribution is -2.57. The van der Waals surface area contributed by atoms with Crippen LogP contribution in [0.5, 0.6) is 0 Å². The van der Waals surface area contributed by atoms with E-state index < -0.39 is 48.4 Å². The molecule has 1 unspecified atom stereocenters. The van der Waals surface area contributed by atoms with Gasteiger partial charge >= 0.3 is 12.0 Å². The number of Topliss-reactive ketones (excluding diaryl/α,β-unsaturated/α-hetero) is 1. The van der Waals surface area contributed by atoms with Gasteiger partial charge in [-0.1, -0.05) is 36.0 Å². The number of alkyl halides is 1. The minimum Gasteiger partial charge on any atom is -0.460 e. The zero-order valence-corrected chi connectivity index (χ0v) is 22.6. The summed E-state index contributed by atoms with van der Waals surface area (Å²) in [5.74, 6) is -2.24. The molecule has 0 radical (unpaired) electrons. The van der Waals surface area contributed by atoms with Gasteiger partial charge in [-0.3, -0.25) is 19.3 Å². The van der Waals surface area contributed by atoms with Crippen molar-refractivity contribution in [3.05, 3.63) is 48.5 Å². The summed E-state index contributed by atoms with van der Waals surface area (Å²) in [5.41, 5.74) is 0.652. The van der Waals surface area contributed by atoms with Gasteiger partial charge in [-0.2, -0.15) is 0 Å². The van der Waals surface area contributed by atoms with Crippen LogP contribution in [-0.4, -0.2) is 59.5 Å². The van der Waals surface area contributed by atoms with Crippen LogP contribution in [0.25, 0.3) is 0 Å². The van der Waals surface area contributed by atoms with E-state index in [9.17, 15) is 23.6 Å². The van der Waals surface area contributed by atoms with E-state index >= 15 is 0 Å². The van der Waals surface area contributed by atoms with Crippen molar-refractivity contribution in [2.24, 2.45) is 0 Å². The quantitative estimate of drug-likeness (QED) is 0.516. The van der Waals surface area contributed by atoms with E-state index in [4.69, 9.17) is 4.74 Å². The summed E-state index contributed by atoms with van der Waals surface area (Å²) in [6.07, 6.45) is 1.31. The maximum Gasteiger partial charge on any atom is 0.329 e. The zero-order valence-electron chi connectivity index (χ0n) is 21.7. The number of carbonyl (C=O) groups is 4. The van der Waals surface area contributed by atoms with Gasteiger partial charge in [0.1, 0.15) is 24.4 Å². The van der Waals surface area contributed by atoms with Crippen molar-refractivity contribution in [1.29, 1.82) is 0 Å². The smallest absolute Gasteiger partial charge is 0.329 e. The summed E-state index contributed by atoms with van der Waals surface area (Å²) >= 11 is 1.57. The summed E-state index contributed by atoms with van der Waals surface area (Å²) in [4.78, 5) is 57.1. The van der Waals surface area contributed by atoms with E-state index in [-0.39, 0.29) is 6.03 Å². The lowest BCUT2D eigenvalue weighted by molar-refractivity contribution is -0.156. The predicted octanol–water partition coefficient (Wildman–Crippen LogP) is 5.02. The van der Waals surface area contributed by atoms with Crippen molar-refractivity contribution in [3.8, 4) is 0 Å². The molecule has 4 rings (SSSR count). The maximum atomic E-state index is 14.1. The maximum absolute atomic E-state index is 14.1. The standard InChI is InChI=1S/C28H32FN3O5S/c1-28(2,3)37-25(34)16-18(22(33)17-29)30-26(35)21-12-8-9-15-31(21)27(36)32-19-10-4-6-13-23(19)38-24-14-7-5-11-20(24)32/h4-7,10-11,13-14,18,21H,8-9,12,15-17H2,1-3H3,(H,30,35)/t18?,21-/m0/s1. The second-order valence-corrected chi connectivity index (χ2v) is 11.4. The molecule has 10 heteroatoms. The highest BCUT2D eigenvalue weighted by Gasteiger charge is 2.39. The molecule has 0 saturated carbocycles. The normalized spacial score (nSPS) is 17.6. The summed E-state index contributed by atoms with van der Waals surface area (Å²) in [6.45, 7) is 4.04. The topological polar surface area (TPSA) is 96.0 Å². The molecule has 2 aliphatic heterocycles. The molecule has 2 aliphatic rings. The number of nitrogens with one attached hydrogen (secondary N) is 1. The number of amides is 3. The number of ketones is 1. The number of fused-ring (bicyclic) bond motifs is 2. The Labute approximate surface area is 225 Å². The molecule has 38 heavy (non-hydrogen) atoms. The second-order valence-electron chi connectivity index (χ2n) is 10.3. The number of hydrogen-bond acceptors (Lipinski definition) is 6. The first kappa shape index (κ1) is 27.6. The van der Waals surface area contributed by atoms with E-state index in [1.807, 2.05) is 48.5 Å². The number of halogens is 1. The van der Waals surface area contributed by atoms with E-state index in [0.717, 1.165) is 21.2 Å². The minimum absolute atomic E-state index is 0.346. The van der Waals surface area contributed by atoms with Crippen LogP contribution in [0.4, 0.5) is 20.6 Å². The Morgan fingerprint density at radius 1 is 1.03 bits per heavy atom. The Bertz CT molecular complexity index is 1190. The Kier molecular flexibility index (Phi) is 8.40. The number of nitrogens with zero attached hydrogens (tertiary/aromatic N) is 2. The molecule has 8 nitrogen and oxygen atoms in total. The number of carbonyl (C=O) groups excluding carboxylic acids is 4. The number of ether oxygens (including phenoxy) is 1. The number of likely N-dealkylation sites (tertiary alicyclic amines) is 1. The van der Waals surface area contributed by atoms with Gasteiger partial charge in [-0.05, 0) is 64.3 Å². The fourth-order valence-electron chi connectivity index (χ4n) is 4.63. The molecule has 0 spiro atoms.